The van der Waals surface area contributed by atoms with Gasteiger partial charge in [-0.2, -0.15) is 4.31 Å². The highest BCUT2D eigenvalue weighted by Crippen LogP contribution is 2.41. The fourth-order valence-electron chi connectivity index (χ4n) is 5.32. The summed E-state index contributed by atoms with van der Waals surface area (Å²) in [6, 6.07) is 5.81. The molecule has 3 heterocycles. The molecule has 1 aromatic carbocycles. The van der Waals surface area contributed by atoms with Crippen molar-refractivity contribution in [3.05, 3.63) is 29.3 Å². The van der Waals surface area contributed by atoms with Gasteiger partial charge < -0.3 is 14.7 Å². The maximum atomic E-state index is 13.3. The first-order valence-corrected chi connectivity index (χ1v) is 13.0. The molecule has 3 fully saturated rings. The van der Waals surface area contributed by atoms with Gasteiger partial charge in [-0.05, 0) is 69.2 Å². The summed E-state index contributed by atoms with van der Waals surface area (Å²) in [6.07, 6.45) is 4.68. The van der Waals surface area contributed by atoms with Gasteiger partial charge in [0, 0.05) is 24.2 Å². The van der Waals surface area contributed by atoms with E-state index in [0.29, 0.717) is 50.2 Å². The van der Waals surface area contributed by atoms with Crippen molar-refractivity contribution in [2.24, 2.45) is 0 Å². The van der Waals surface area contributed by atoms with Crippen molar-refractivity contribution in [3.63, 3.8) is 0 Å². The second kappa shape index (κ2) is 8.89. The predicted octanol–water partition coefficient (Wildman–Crippen LogP) is 3.79. The molecule has 7 nitrogen and oxygen atoms in total. The molecule has 0 aliphatic carbocycles. The van der Waals surface area contributed by atoms with E-state index in [4.69, 9.17) is 16.3 Å². The number of sulfonamides is 1. The molecule has 3 atom stereocenters. The molecule has 1 N–H and O–H groups in total. The van der Waals surface area contributed by atoms with E-state index in [1.54, 1.807) is 21.3 Å². The lowest BCUT2D eigenvalue weighted by atomic mass is 9.87. The summed E-state index contributed by atoms with van der Waals surface area (Å²) in [7, 11) is -3.69. The molecule has 1 amide bonds. The average molecular weight is 471 g/mol. The number of halogens is 1. The molecule has 3 aliphatic rings. The number of ether oxygens (including phenoxy) is 1. The van der Waals surface area contributed by atoms with Crippen LogP contribution in [0.1, 0.15) is 58.3 Å². The summed E-state index contributed by atoms with van der Waals surface area (Å²) >= 11 is 5.92. The number of fused-ring (bicyclic) bond motifs is 2. The summed E-state index contributed by atoms with van der Waals surface area (Å²) in [6.45, 7) is 2.96. The summed E-state index contributed by atoms with van der Waals surface area (Å²) in [5.74, 6) is 0. The highest BCUT2D eigenvalue weighted by molar-refractivity contribution is 7.89. The van der Waals surface area contributed by atoms with Crippen LogP contribution < -0.4 is 0 Å². The first-order chi connectivity index (χ1) is 14.7. The third-order valence-corrected chi connectivity index (χ3v) is 9.25. The molecule has 2 unspecified atom stereocenters. The van der Waals surface area contributed by atoms with Gasteiger partial charge in [-0.15, -0.1) is 0 Å². The molecule has 3 aliphatic heterocycles. The molecule has 31 heavy (non-hydrogen) atoms. The second-order valence-electron chi connectivity index (χ2n) is 9.05. The van der Waals surface area contributed by atoms with Gasteiger partial charge in [-0.25, -0.2) is 13.2 Å². The van der Waals surface area contributed by atoms with Crippen molar-refractivity contribution in [2.45, 2.75) is 87.0 Å². The van der Waals surface area contributed by atoms with Gasteiger partial charge in [0.15, 0.2) is 0 Å². The normalized spacial score (nSPS) is 28.5. The van der Waals surface area contributed by atoms with E-state index in [0.717, 1.165) is 19.3 Å². The minimum atomic E-state index is -3.69. The van der Waals surface area contributed by atoms with E-state index in [9.17, 15) is 18.3 Å². The van der Waals surface area contributed by atoms with Crippen LogP contribution in [0, 0.1) is 0 Å². The second-order valence-corrected chi connectivity index (χ2v) is 11.3. The van der Waals surface area contributed by atoms with Crippen LogP contribution >= 0.6 is 11.6 Å². The van der Waals surface area contributed by atoms with Gasteiger partial charge in [-0.1, -0.05) is 24.9 Å². The topological polar surface area (TPSA) is 87.2 Å². The molecule has 0 saturated carbocycles. The number of likely N-dealkylation sites (tertiary alicyclic amines) is 1. The fourth-order valence-corrected chi connectivity index (χ4v) is 7.37. The SMILES string of the molecule is CCCC1(O)CCN(C(=O)O[C@H]2CCC3CCC2N3S(=O)(=O)c2ccc(Cl)cc2)CC1. The van der Waals surface area contributed by atoms with E-state index < -0.39 is 27.8 Å². The van der Waals surface area contributed by atoms with Crippen LogP contribution in [0.2, 0.25) is 5.02 Å². The van der Waals surface area contributed by atoms with Crippen molar-refractivity contribution >= 4 is 27.7 Å². The third-order valence-electron chi connectivity index (χ3n) is 7.00. The van der Waals surface area contributed by atoms with E-state index in [2.05, 4.69) is 0 Å². The van der Waals surface area contributed by atoms with Crippen LogP contribution in [-0.4, -0.2) is 65.7 Å². The molecule has 2 bridgehead atoms. The number of piperidine rings is 2. The lowest BCUT2D eigenvalue weighted by molar-refractivity contribution is -0.0378. The molecular weight excluding hydrogens is 440 g/mol. The lowest BCUT2D eigenvalue weighted by Crippen LogP contribution is -2.53. The summed E-state index contributed by atoms with van der Waals surface area (Å²) in [5, 5.41) is 11.1. The molecule has 0 radical (unpaired) electrons. The molecule has 3 saturated heterocycles. The zero-order chi connectivity index (χ0) is 22.2. The zero-order valence-corrected chi connectivity index (χ0v) is 19.4. The number of hydrogen-bond donors (Lipinski definition) is 1. The smallest absolute Gasteiger partial charge is 0.410 e. The third kappa shape index (κ3) is 4.58. The number of carbonyl (C=O) groups excluding carboxylic acids is 1. The highest BCUT2D eigenvalue weighted by atomic mass is 35.5. The standard InChI is InChI=1S/C22H31ClN2O5S/c1-2-11-22(27)12-14-24(15-13-22)21(26)30-20-10-6-17-5-9-19(20)25(17)31(28,29)18-7-3-16(23)4-8-18/h3-4,7-8,17,19-20,27H,2,5-6,9-15H2,1H3/t17?,19?,20-/m0/s1. The first kappa shape index (κ1) is 22.8. The Morgan fingerprint density at radius 3 is 2.45 bits per heavy atom. The van der Waals surface area contributed by atoms with Gasteiger partial charge in [0.2, 0.25) is 10.0 Å². The van der Waals surface area contributed by atoms with E-state index in [1.165, 1.54) is 12.1 Å². The maximum Gasteiger partial charge on any atom is 0.410 e. The molecule has 1 aromatic rings. The van der Waals surface area contributed by atoms with E-state index in [-0.39, 0.29) is 17.0 Å². The van der Waals surface area contributed by atoms with Gasteiger partial charge >= 0.3 is 6.09 Å². The Morgan fingerprint density at radius 2 is 1.81 bits per heavy atom. The zero-order valence-electron chi connectivity index (χ0n) is 17.9. The Bertz CT molecular complexity index is 899. The average Bonchev–Trinajstić information content (AvgIpc) is 3.07. The Morgan fingerprint density at radius 1 is 1.16 bits per heavy atom. The van der Waals surface area contributed by atoms with Crippen molar-refractivity contribution < 1.29 is 23.1 Å². The summed E-state index contributed by atoms with van der Waals surface area (Å²) < 4.78 is 34.1. The van der Waals surface area contributed by atoms with E-state index >= 15 is 0 Å². The number of aliphatic hydroxyl groups is 1. The summed E-state index contributed by atoms with van der Waals surface area (Å²) in [5.41, 5.74) is -0.696. The highest BCUT2D eigenvalue weighted by Gasteiger charge is 2.50. The fraction of sp³-hybridized carbons (Fsp3) is 0.682. The lowest BCUT2D eigenvalue weighted by Gasteiger charge is -2.41. The number of nitrogens with zero attached hydrogens (tertiary/aromatic N) is 2. The van der Waals surface area contributed by atoms with Crippen LogP contribution in [-0.2, 0) is 14.8 Å². The Labute approximate surface area is 189 Å². The van der Waals surface area contributed by atoms with Crippen molar-refractivity contribution in [1.82, 2.24) is 9.21 Å². The number of amides is 1. The van der Waals surface area contributed by atoms with Gasteiger partial charge in [0.05, 0.1) is 16.5 Å². The number of rotatable bonds is 5. The Hall–Kier alpha value is -1.35. The minimum Gasteiger partial charge on any atom is -0.444 e. The number of carbonyl (C=O) groups is 1. The molecular formula is C22H31ClN2O5S. The van der Waals surface area contributed by atoms with Gasteiger partial charge in [0.25, 0.3) is 0 Å². The number of hydrogen-bond acceptors (Lipinski definition) is 5. The minimum absolute atomic E-state index is 0.0559. The van der Waals surface area contributed by atoms with Gasteiger partial charge in [0.1, 0.15) is 6.10 Å². The monoisotopic (exact) mass is 470 g/mol. The maximum absolute atomic E-state index is 13.3. The molecule has 0 spiro atoms. The Kier molecular flexibility index (Phi) is 6.54. The quantitative estimate of drug-likeness (QED) is 0.707. The molecule has 0 aromatic heterocycles. The summed E-state index contributed by atoms with van der Waals surface area (Å²) in [4.78, 5) is 14.7. The van der Waals surface area contributed by atoms with Crippen LogP contribution in [0.15, 0.2) is 29.2 Å². The van der Waals surface area contributed by atoms with Crippen LogP contribution in [0.5, 0.6) is 0 Å². The largest absolute Gasteiger partial charge is 0.444 e. The molecule has 4 rings (SSSR count). The molecule has 9 heteroatoms. The predicted molar refractivity (Wildman–Crippen MR) is 117 cm³/mol. The number of benzene rings is 1. The van der Waals surface area contributed by atoms with Crippen molar-refractivity contribution in [2.75, 3.05) is 13.1 Å². The van der Waals surface area contributed by atoms with Crippen LogP contribution in [0.25, 0.3) is 0 Å². The van der Waals surface area contributed by atoms with Crippen molar-refractivity contribution in [1.29, 1.82) is 0 Å². The Balaban J connectivity index is 1.44. The van der Waals surface area contributed by atoms with Crippen LogP contribution in [0.3, 0.4) is 0 Å². The molecule has 172 valence electrons. The van der Waals surface area contributed by atoms with E-state index in [1.807, 2.05) is 6.92 Å². The van der Waals surface area contributed by atoms with Crippen molar-refractivity contribution in [3.8, 4) is 0 Å². The van der Waals surface area contributed by atoms with Gasteiger partial charge in [-0.3, -0.25) is 0 Å². The first-order valence-electron chi connectivity index (χ1n) is 11.2. The van der Waals surface area contributed by atoms with Crippen LogP contribution in [0.4, 0.5) is 4.79 Å².